The average Bonchev–Trinajstić information content (AvgIpc) is 2.13. The van der Waals surface area contributed by atoms with E-state index in [0.29, 0.717) is 0 Å². The third-order valence-electron chi connectivity index (χ3n) is 1.41. The number of hydrogen-bond donors (Lipinski definition) is 0. The molecule has 0 heterocycles. The Morgan fingerprint density at radius 1 is 1.44 bits per heavy atom. The second kappa shape index (κ2) is 7.01. The lowest BCUT2D eigenvalue weighted by Gasteiger charge is -2.13. The monoisotopic (exact) mass is 274 g/mol. The Hall–Kier alpha value is -0.430. The van der Waals surface area contributed by atoms with Gasteiger partial charge in [0, 0.05) is 0 Å². The first-order chi connectivity index (χ1) is 7.30. The maximum atomic E-state index is 11.2. The summed E-state index contributed by atoms with van der Waals surface area (Å²) in [5.41, 5.74) is 0. The van der Waals surface area contributed by atoms with E-state index in [9.17, 15) is 17.8 Å². The Morgan fingerprint density at radius 3 is 2.38 bits per heavy atom. The average molecular weight is 274 g/mol. The van der Waals surface area contributed by atoms with Gasteiger partial charge in [-0.2, -0.15) is 8.42 Å². The van der Waals surface area contributed by atoms with E-state index in [0.717, 1.165) is 13.4 Å². The molecule has 16 heavy (non-hydrogen) atoms. The maximum Gasteiger partial charge on any atom is 0.337 e. The third kappa shape index (κ3) is 6.95. The molecule has 0 rings (SSSR count). The summed E-state index contributed by atoms with van der Waals surface area (Å²) in [6, 6.07) is 0. The summed E-state index contributed by atoms with van der Waals surface area (Å²) in [4.78, 5) is 11.1. The van der Waals surface area contributed by atoms with Crippen LogP contribution in [0.4, 0.5) is 0 Å². The molecule has 0 aliphatic carbocycles. The van der Waals surface area contributed by atoms with Gasteiger partial charge in [0.05, 0.1) is 26.1 Å². The zero-order valence-electron chi connectivity index (χ0n) is 9.26. The molecule has 0 bridgehead atoms. The highest BCUT2D eigenvalue weighted by Gasteiger charge is 2.27. The van der Waals surface area contributed by atoms with E-state index in [1.165, 1.54) is 0 Å². The molecule has 0 aliphatic heterocycles. The molecule has 0 radical (unpaired) electrons. The molecule has 0 aromatic carbocycles. The van der Waals surface area contributed by atoms with Gasteiger partial charge in [-0.05, 0) is 6.92 Å². The number of methoxy groups -OCH3 is 1. The molecular weight excluding hydrogens is 259 g/mol. The summed E-state index contributed by atoms with van der Waals surface area (Å²) in [6.07, 6.45) is -0.947. The molecule has 0 spiro atoms. The van der Waals surface area contributed by atoms with E-state index in [1.54, 1.807) is 6.92 Å². The topological polar surface area (TPSA) is 96.0 Å². The van der Waals surface area contributed by atoms with Crippen molar-refractivity contribution in [2.24, 2.45) is 0 Å². The Bertz CT molecular complexity index is 350. The van der Waals surface area contributed by atoms with Crippen LogP contribution < -0.4 is 0 Å². The van der Waals surface area contributed by atoms with Crippen molar-refractivity contribution in [1.29, 1.82) is 0 Å². The van der Waals surface area contributed by atoms with Gasteiger partial charge in [0.25, 0.3) is 10.1 Å². The minimum absolute atomic E-state index is 0.213. The van der Waals surface area contributed by atoms with Gasteiger partial charge in [-0.3, -0.25) is 8.75 Å². The lowest BCUT2D eigenvalue weighted by atomic mass is 10.4. The Balaban J connectivity index is 4.56. The SMILES string of the molecule is CCO[PH](=O)CC(OS(C)(=O)=O)C(=O)OC. The van der Waals surface area contributed by atoms with Crippen molar-refractivity contribution in [3.63, 3.8) is 0 Å². The van der Waals surface area contributed by atoms with Crippen LogP contribution in [0.3, 0.4) is 0 Å². The highest BCUT2D eigenvalue weighted by Crippen LogP contribution is 2.24. The molecule has 0 aromatic heterocycles. The summed E-state index contributed by atoms with van der Waals surface area (Å²) < 4.78 is 46.4. The first-order valence-corrected chi connectivity index (χ1v) is 7.76. The number of carbonyl (C=O) groups is 1. The molecule has 0 amide bonds. The van der Waals surface area contributed by atoms with Gasteiger partial charge in [-0.25, -0.2) is 4.79 Å². The molecule has 0 saturated heterocycles. The molecule has 2 unspecified atom stereocenters. The van der Waals surface area contributed by atoms with E-state index in [1.807, 2.05) is 0 Å². The highest BCUT2D eigenvalue weighted by molar-refractivity contribution is 7.86. The van der Waals surface area contributed by atoms with Gasteiger partial charge in [-0.15, -0.1) is 0 Å². The first-order valence-electron chi connectivity index (χ1n) is 4.41. The number of hydrogen-bond acceptors (Lipinski definition) is 7. The van der Waals surface area contributed by atoms with Crippen LogP contribution >= 0.6 is 8.03 Å². The van der Waals surface area contributed by atoms with Gasteiger partial charge in [0.2, 0.25) is 0 Å². The zero-order valence-corrected chi connectivity index (χ0v) is 11.1. The van der Waals surface area contributed by atoms with Crippen LogP contribution in [0, 0.1) is 0 Å². The van der Waals surface area contributed by atoms with Crippen molar-refractivity contribution in [1.82, 2.24) is 0 Å². The van der Waals surface area contributed by atoms with Crippen LogP contribution in [-0.2, 0) is 32.9 Å². The number of rotatable bonds is 7. The summed E-state index contributed by atoms with van der Waals surface area (Å²) in [7, 11) is -5.24. The van der Waals surface area contributed by atoms with Gasteiger partial charge < -0.3 is 9.26 Å². The summed E-state index contributed by atoms with van der Waals surface area (Å²) >= 11 is 0. The largest absolute Gasteiger partial charge is 0.467 e. The summed E-state index contributed by atoms with van der Waals surface area (Å²) in [6.45, 7) is 1.84. The van der Waals surface area contributed by atoms with Crippen molar-refractivity contribution in [2.45, 2.75) is 13.0 Å². The van der Waals surface area contributed by atoms with Crippen molar-refractivity contribution >= 4 is 24.1 Å². The van der Waals surface area contributed by atoms with Gasteiger partial charge >= 0.3 is 5.97 Å². The first kappa shape index (κ1) is 15.6. The van der Waals surface area contributed by atoms with E-state index in [2.05, 4.69) is 8.92 Å². The molecule has 7 nitrogen and oxygen atoms in total. The number of esters is 1. The fourth-order valence-corrected chi connectivity index (χ4v) is 2.55. The molecule has 2 atom stereocenters. The fourth-order valence-electron chi connectivity index (χ4n) is 0.870. The summed E-state index contributed by atoms with van der Waals surface area (Å²) in [5, 5.41) is 0. The summed E-state index contributed by atoms with van der Waals surface area (Å²) in [5.74, 6) is -0.900. The quantitative estimate of drug-likeness (QED) is 0.366. The number of carbonyl (C=O) groups excluding carboxylic acids is 1. The van der Waals surface area contributed by atoms with Gasteiger partial charge in [-0.1, -0.05) is 0 Å². The molecular formula is C7H15O7PS. The maximum absolute atomic E-state index is 11.2. The molecule has 0 aliphatic rings. The van der Waals surface area contributed by atoms with Crippen molar-refractivity contribution in [3.05, 3.63) is 0 Å². The molecule has 96 valence electrons. The number of ether oxygens (including phenoxy) is 1. The minimum Gasteiger partial charge on any atom is -0.467 e. The molecule has 0 fully saturated rings. The zero-order chi connectivity index (χ0) is 12.8. The van der Waals surface area contributed by atoms with E-state index < -0.39 is 30.2 Å². The molecule has 9 heteroatoms. The Labute approximate surface area is 95.1 Å². The molecule has 0 N–H and O–H groups in total. The van der Waals surface area contributed by atoms with Crippen LogP contribution in [0.1, 0.15) is 6.92 Å². The van der Waals surface area contributed by atoms with E-state index in [4.69, 9.17) is 4.52 Å². The Morgan fingerprint density at radius 2 is 2.00 bits per heavy atom. The van der Waals surface area contributed by atoms with Gasteiger partial charge in [0.15, 0.2) is 14.1 Å². The van der Waals surface area contributed by atoms with E-state index >= 15 is 0 Å². The lowest BCUT2D eigenvalue weighted by molar-refractivity contribution is -0.147. The van der Waals surface area contributed by atoms with Crippen LogP contribution in [0.15, 0.2) is 0 Å². The molecule has 0 saturated carbocycles. The predicted molar refractivity (Wildman–Crippen MR) is 57.2 cm³/mol. The molecule has 0 aromatic rings. The van der Waals surface area contributed by atoms with Crippen molar-refractivity contribution in [2.75, 3.05) is 26.1 Å². The van der Waals surface area contributed by atoms with Crippen LogP contribution in [0.2, 0.25) is 0 Å². The van der Waals surface area contributed by atoms with E-state index in [-0.39, 0.29) is 12.8 Å². The third-order valence-corrected chi connectivity index (χ3v) is 3.31. The smallest absolute Gasteiger partial charge is 0.337 e. The van der Waals surface area contributed by atoms with Gasteiger partial charge in [0.1, 0.15) is 0 Å². The van der Waals surface area contributed by atoms with Crippen LogP contribution in [0.5, 0.6) is 0 Å². The highest BCUT2D eigenvalue weighted by atomic mass is 32.2. The second-order valence-corrected chi connectivity index (χ2v) is 5.86. The standard InChI is InChI=1S/C7H15O7PS/c1-4-13-15(9)5-6(7(8)12-2)14-16(3,10)11/h6,15H,4-5H2,1-3H3. The van der Waals surface area contributed by atoms with Crippen molar-refractivity contribution in [3.8, 4) is 0 Å². The normalized spacial score (nSPS) is 15.4. The fraction of sp³-hybridized carbons (Fsp3) is 0.857. The minimum atomic E-state index is -3.82. The van der Waals surface area contributed by atoms with Crippen LogP contribution in [0.25, 0.3) is 0 Å². The lowest BCUT2D eigenvalue weighted by Crippen LogP contribution is -2.30. The Kier molecular flexibility index (Phi) is 6.82. The predicted octanol–water partition coefficient (Wildman–Crippen LogP) is 0.0154. The van der Waals surface area contributed by atoms with Crippen molar-refractivity contribution < 1.29 is 31.2 Å². The van der Waals surface area contributed by atoms with Crippen LogP contribution in [-0.4, -0.2) is 46.6 Å². The second-order valence-electron chi connectivity index (χ2n) is 2.82.